The van der Waals surface area contributed by atoms with Crippen LogP contribution in [0.3, 0.4) is 0 Å². The Kier molecular flexibility index (Phi) is 8.93. The van der Waals surface area contributed by atoms with Gasteiger partial charge in [-0.1, -0.05) is 43.5 Å². The van der Waals surface area contributed by atoms with Gasteiger partial charge in [-0.25, -0.2) is 8.42 Å². The highest BCUT2D eigenvalue weighted by atomic mass is 35.5. The summed E-state index contributed by atoms with van der Waals surface area (Å²) in [6, 6.07) is 13.3. The lowest BCUT2D eigenvalue weighted by Crippen LogP contribution is -2.44. The fourth-order valence-corrected chi connectivity index (χ4v) is 6.25. The molecule has 180 valence electrons. The standard InChI is InChI=1S/C25H33ClN2O4S/c1-18-6-4-5-7-24(18)28(33(30,31)23-14-12-22(26)13-15-23)16-20-8-10-21(11-9-20)25(29)27-19(2)17-32-3/h8-15,18-19,24H,4-7,16-17H2,1-3H3,(H,27,29). The zero-order chi connectivity index (χ0) is 24.0. The van der Waals surface area contributed by atoms with Gasteiger partial charge in [-0.05, 0) is 67.6 Å². The molecule has 1 saturated carbocycles. The minimum atomic E-state index is -3.72. The average Bonchev–Trinajstić information content (AvgIpc) is 2.79. The monoisotopic (exact) mass is 492 g/mol. The van der Waals surface area contributed by atoms with Gasteiger partial charge in [-0.3, -0.25) is 4.79 Å². The van der Waals surface area contributed by atoms with E-state index in [0.717, 1.165) is 31.2 Å². The molecule has 0 aliphatic heterocycles. The highest BCUT2D eigenvalue weighted by Gasteiger charge is 2.36. The number of nitrogens with zero attached hydrogens (tertiary/aromatic N) is 1. The first-order valence-electron chi connectivity index (χ1n) is 11.4. The molecule has 1 aliphatic rings. The Bertz CT molecular complexity index is 1030. The first-order valence-corrected chi connectivity index (χ1v) is 13.2. The Morgan fingerprint density at radius 3 is 2.36 bits per heavy atom. The van der Waals surface area contributed by atoms with Crippen molar-refractivity contribution in [1.82, 2.24) is 9.62 Å². The maximum absolute atomic E-state index is 13.7. The molecule has 6 nitrogen and oxygen atoms in total. The van der Waals surface area contributed by atoms with Crippen molar-refractivity contribution < 1.29 is 17.9 Å². The Hall–Kier alpha value is -1.93. The van der Waals surface area contributed by atoms with E-state index in [4.69, 9.17) is 16.3 Å². The number of methoxy groups -OCH3 is 1. The third-order valence-electron chi connectivity index (χ3n) is 6.21. The third-order valence-corrected chi connectivity index (χ3v) is 8.34. The van der Waals surface area contributed by atoms with Gasteiger partial charge in [-0.15, -0.1) is 0 Å². The smallest absolute Gasteiger partial charge is 0.251 e. The minimum Gasteiger partial charge on any atom is -0.383 e. The van der Waals surface area contributed by atoms with Gasteiger partial charge in [-0.2, -0.15) is 4.31 Å². The van der Waals surface area contributed by atoms with Gasteiger partial charge >= 0.3 is 0 Å². The second-order valence-corrected chi connectivity index (χ2v) is 11.2. The summed E-state index contributed by atoms with van der Waals surface area (Å²) in [5.74, 6) is 0.0887. The second-order valence-electron chi connectivity index (χ2n) is 8.86. The molecule has 8 heteroatoms. The van der Waals surface area contributed by atoms with Crippen LogP contribution >= 0.6 is 11.6 Å². The Labute approximate surface area is 202 Å². The van der Waals surface area contributed by atoms with E-state index < -0.39 is 10.0 Å². The van der Waals surface area contributed by atoms with E-state index in [1.165, 1.54) is 0 Å². The zero-order valence-corrected chi connectivity index (χ0v) is 21.0. The number of benzene rings is 2. The third kappa shape index (κ3) is 6.57. The van der Waals surface area contributed by atoms with E-state index in [-0.39, 0.29) is 35.3 Å². The summed E-state index contributed by atoms with van der Waals surface area (Å²) in [5.41, 5.74) is 1.37. The highest BCUT2D eigenvalue weighted by molar-refractivity contribution is 7.89. The van der Waals surface area contributed by atoms with Crippen LogP contribution in [-0.2, 0) is 21.3 Å². The highest BCUT2D eigenvalue weighted by Crippen LogP contribution is 2.33. The van der Waals surface area contributed by atoms with E-state index >= 15 is 0 Å². The lowest BCUT2D eigenvalue weighted by Gasteiger charge is -2.37. The number of rotatable bonds is 9. The molecule has 0 bridgehead atoms. The molecule has 3 atom stereocenters. The average molecular weight is 493 g/mol. The van der Waals surface area contributed by atoms with Gasteiger partial charge in [0.15, 0.2) is 0 Å². The topological polar surface area (TPSA) is 75.7 Å². The first kappa shape index (κ1) is 25.7. The molecule has 0 aromatic heterocycles. The molecule has 1 aliphatic carbocycles. The molecule has 1 amide bonds. The van der Waals surface area contributed by atoms with Crippen LogP contribution in [0.2, 0.25) is 5.02 Å². The normalized spacial score (nSPS) is 19.9. The van der Waals surface area contributed by atoms with E-state index in [2.05, 4.69) is 12.2 Å². The maximum Gasteiger partial charge on any atom is 0.251 e. The molecule has 0 saturated heterocycles. The maximum atomic E-state index is 13.7. The lowest BCUT2D eigenvalue weighted by molar-refractivity contribution is 0.0905. The molecule has 3 unspecified atom stereocenters. The van der Waals surface area contributed by atoms with Crippen LogP contribution in [0.15, 0.2) is 53.4 Å². The molecular weight excluding hydrogens is 460 g/mol. The number of carbonyl (C=O) groups is 1. The fraction of sp³-hybridized carbons (Fsp3) is 0.480. The molecule has 2 aromatic rings. The van der Waals surface area contributed by atoms with Gasteiger partial charge in [0.2, 0.25) is 10.0 Å². The summed E-state index contributed by atoms with van der Waals surface area (Å²) in [4.78, 5) is 12.7. The number of ether oxygens (including phenoxy) is 1. The summed E-state index contributed by atoms with van der Waals surface area (Å²) in [7, 11) is -2.12. The number of hydrogen-bond acceptors (Lipinski definition) is 4. The SMILES string of the molecule is COCC(C)NC(=O)c1ccc(CN(C2CCCCC2C)S(=O)(=O)c2ccc(Cl)cc2)cc1. The van der Waals surface area contributed by atoms with Crippen molar-refractivity contribution in [3.05, 3.63) is 64.7 Å². The summed E-state index contributed by atoms with van der Waals surface area (Å²) < 4.78 is 34.0. The molecule has 1 fully saturated rings. The Morgan fingerprint density at radius 1 is 1.12 bits per heavy atom. The molecular formula is C25H33ClN2O4S. The summed E-state index contributed by atoms with van der Waals surface area (Å²) in [6.07, 6.45) is 3.99. The van der Waals surface area contributed by atoms with E-state index in [1.54, 1.807) is 47.8 Å². The lowest BCUT2D eigenvalue weighted by atomic mass is 9.86. The van der Waals surface area contributed by atoms with Crippen LogP contribution in [0.25, 0.3) is 0 Å². The van der Waals surface area contributed by atoms with Crippen molar-refractivity contribution in [1.29, 1.82) is 0 Å². The number of hydrogen-bond donors (Lipinski definition) is 1. The van der Waals surface area contributed by atoms with Crippen molar-refractivity contribution in [2.75, 3.05) is 13.7 Å². The Balaban J connectivity index is 1.84. The van der Waals surface area contributed by atoms with Gasteiger partial charge in [0.1, 0.15) is 0 Å². The number of amides is 1. The summed E-state index contributed by atoms with van der Waals surface area (Å²) >= 11 is 5.98. The molecule has 33 heavy (non-hydrogen) atoms. The largest absolute Gasteiger partial charge is 0.383 e. The van der Waals surface area contributed by atoms with Crippen LogP contribution < -0.4 is 5.32 Å². The van der Waals surface area contributed by atoms with Crippen LogP contribution in [0.5, 0.6) is 0 Å². The number of sulfonamides is 1. The fourth-order valence-electron chi connectivity index (χ4n) is 4.39. The van der Waals surface area contributed by atoms with Gasteiger partial charge < -0.3 is 10.1 Å². The number of halogens is 1. The molecule has 3 rings (SSSR count). The van der Waals surface area contributed by atoms with Crippen LogP contribution in [0.1, 0.15) is 55.5 Å². The predicted octanol–water partition coefficient (Wildman–Crippen LogP) is 4.87. The van der Waals surface area contributed by atoms with Crippen LogP contribution in [-0.4, -0.2) is 44.4 Å². The molecule has 2 aromatic carbocycles. The van der Waals surface area contributed by atoms with Gasteiger partial charge in [0, 0.05) is 36.3 Å². The number of carbonyl (C=O) groups excluding carboxylic acids is 1. The van der Waals surface area contributed by atoms with Gasteiger partial charge in [0.25, 0.3) is 5.91 Å². The predicted molar refractivity (Wildman–Crippen MR) is 131 cm³/mol. The van der Waals surface area contributed by atoms with E-state index in [0.29, 0.717) is 17.2 Å². The van der Waals surface area contributed by atoms with Gasteiger partial charge in [0.05, 0.1) is 11.5 Å². The molecule has 0 heterocycles. The summed E-state index contributed by atoms with van der Waals surface area (Å²) in [6.45, 7) is 4.69. The second kappa shape index (κ2) is 11.5. The van der Waals surface area contributed by atoms with Crippen LogP contribution in [0.4, 0.5) is 0 Å². The van der Waals surface area contributed by atoms with Crippen molar-refractivity contribution in [2.24, 2.45) is 5.92 Å². The van der Waals surface area contributed by atoms with Crippen LogP contribution in [0, 0.1) is 5.92 Å². The minimum absolute atomic E-state index is 0.0719. The summed E-state index contributed by atoms with van der Waals surface area (Å²) in [5, 5.41) is 3.38. The van der Waals surface area contributed by atoms with Crippen molar-refractivity contribution in [2.45, 2.75) is 63.1 Å². The molecule has 1 N–H and O–H groups in total. The van der Waals surface area contributed by atoms with Crippen molar-refractivity contribution in [3.8, 4) is 0 Å². The Morgan fingerprint density at radius 2 is 1.76 bits per heavy atom. The van der Waals surface area contributed by atoms with Crippen molar-refractivity contribution >= 4 is 27.5 Å². The van der Waals surface area contributed by atoms with E-state index in [9.17, 15) is 13.2 Å². The first-order chi connectivity index (χ1) is 15.7. The quantitative estimate of drug-likeness (QED) is 0.541. The zero-order valence-electron chi connectivity index (χ0n) is 19.5. The molecule has 0 spiro atoms. The van der Waals surface area contributed by atoms with Crippen molar-refractivity contribution in [3.63, 3.8) is 0 Å². The number of nitrogens with one attached hydrogen (secondary N) is 1. The van der Waals surface area contributed by atoms with E-state index in [1.807, 2.05) is 19.1 Å². The molecule has 0 radical (unpaired) electrons.